The predicted octanol–water partition coefficient (Wildman–Crippen LogP) is -2.39. The molecule has 2 aliphatic heterocycles. The average molecular weight is 595 g/mol. The van der Waals surface area contributed by atoms with E-state index in [4.69, 9.17) is 13.9 Å². The standard InChI is InChI=1S/C27H30O15/c28-6-12-17(32)21(36)23(38)26(41-12)14-10(31)5-11-15(19(14)34)20(35)16(25(40-11)8-1-3-9(30)4-2-8)27-24(39)22(37)18(33)13(7-29)42-27/h1-5,12-13,17-18,21-24,26-34,36-39H,6-7H2. The lowest BCUT2D eigenvalue weighted by Gasteiger charge is -2.40. The van der Waals surface area contributed by atoms with Gasteiger partial charge >= 0.3 is 0 Å². The summed E-state index contributed by atoms with van der Waals surface area (Å²) in [6.45, 7) is -1.62. The molecule has 2 saturated heterocycles. The Labute approximate surface area is 235 Å². The first-order chi connectivity index (χ1) is 19.9. The van der Waals surface area contributed by atoms with Crippen LogP contribution in [-0.2, 0) is 9.47 Å². The van der Waals surface area contributed by atoms with Crippen molar-refractivity contribution in [3.8, 4) is 28.6 Å². The van der Waals surface area contributed by atoms with Crippen molar-refractivity contribution in [2.75, 3.05) is 13.2 Å². The van der Waals surface area contributed by atoms with Crippen LogP contribution >= 0.6 is 0 Å². The molecule has 3 heterocycles. The largest absolute Gasteiger partial charge is 0.508 e. The first-order valence-electron chi connectivity index (χ1n) is 12.9. The highest BCUT2D eigenvalue weighted by Gasteiger charge is 2.48. The number of hydrogen-bond donors (Lipinski definition) is 11. The fourth-order valence-electron chi connectivity index (χ4n) is 5.40. The summed E-state index contributed by atoms with van der Waals surface area (Å²) in [5.41, 5.74) is -2.39. The third-order valence-corrected chi connectivity index (χ3v) is 7.69. The lowest BCUT2D eigenvalue weighted by molar-refractivity contribution is -0.232. The minimum atomic E-state index is -1.94. The SMILES string of the molecule is O=c1c(C2OC(CO)C(O)C(O)C2O)c(-c2ccc(O)cc2)oc2cc(O)c(C3OC(CO)C(O)C(O)C3O)c(O)c12. The van der Waals surface area contributed by atoms with Gasteiger partial charge in [0.1, 0.15) is 95.0 Å². The molecule has 0 saturated carbocycles. The second kappa shape index (κ2) is 11.4. The molecule has 2 fully saturated rings. The van der Waals surface area contributed by atoms with Crippen molar-refractivity contribution in [1.29, 1.82) is 0 Å². The van der Waals surface area contributed by atoms with E-state index in [1.165, 1.54) is 24.3 Å². The number of phenols is 3. The smallest absolute Gasteiger partial charge is 0.203 e. The Morgan fingerprint density at radius 3 is 1.67 bits per heavy atom. The number of aliphatic hydroxyl groups excluding tert-OH is 8. The quantitative estimate of drug-likeness (QED) is 0.147. The maximum absolute atomic E-state index is 14.1. The molecule has 5 rings (SSSR count). The van der Waals surface area contributed by atoms with Gasteiger partial charge in [-0.25, -0.2) is 0 Å². The zero-order chi connectivity index (χ0) is 30.6. The summed E-state index contributed by atoms with van der Waals surface area (Å²) in [5, 5.41) is 113. The summed E-state index contributed by atoms with van der Waals surface area (Å²) in [5.74, 6) is -2.16. The van der Waals surface area contributed by atoms with Crippen LogP contribution in [0.2, 0.25) is 0 Å². The zero-order valence-corrected chi connectivity index (χ0v) is 21.6. The Morgan fingerprint density at radius 2 is 1.17 bits per heavy atom. The summed E-state index contributed by atoms with van der Waals surface area (Å²) in [6, 6.07) is 6.11. The predicted molar refractivity (Wildman–Crippen MR) is 138 cm³/mol. The molecule has 42 heavy (non-hydrogen) atoms. The molecule has 10 atom stereocenters. The topological polar surface area (TPSA) is 271 Å². The molecule has 3 aromatic rings. The maximum atomic E-state index is 14.1. The van der Waals surface area contributed by atoms with E-state index in [-0.39, 0.29) is 17.1 Å². The molecule has 0 bridgehead atoms. The molecular weight excluding hydrogens is 564 g/mol. The Bertz CT molecular complexity index is 1500. The first kappa shape index (κ1) is 30.1. The van der Waals surface area contributed by atoms with Gasteiger partial charge in [0, 0.05) is 11.6 Å². The maximum Gasteiger partial charge on any atom is 0.203 e. The van der Waals surface area contributed by atoms with Crippen LogP contribution in [0, 0.1) is 0 Å². The second-order valence-electron chi connectivity index (χ2n) is 10.3. The molecule has 228 valence electrons. The van der Waals surface area contributed by atoms with Crippen LogP contribution in [0.4, 0.5) is 0 Å². The Morgan fingerprint density at radius 1 is 0.667 bits per heavy atom. The molecule has 0 amide bonds. The van der Waals surface area contributed by atoms with Crippen molar-refractivity contribution in [3.63, 3.8) is 0 Å². The van der Waals surface area contributed by atoms with Gasteiger partial charge in [-0.3, -0.25) is 4.79 Å². The lowest BCUT2D eigenvalue weighted by atomic mass is 9.87. The minimum absolute atomic E-state index is 0.143. The molecule has 0 radical (unpaired) electrons. The van der Waals surface area contributed by atoms with E-state index in [2.05, 4.69) is 0 Å². The van der Waals surface area contributed by atoms with Crippen LogP contribution in [0.5, 0.6) is 17.2 Å². The molecule has 10 unspecified atom stereocenters. The zero-order valence-electron chi connectivity index (χ0n) is 21.6. The van der Waals surface area contributed by atoms with E-state index in [0.29, 0.717) is 0 Å². The third-order valence-electron chi connectivity index (χ3n) is 7.69. The number of benzene rings is 2. The molecule has 2 aliphatic rings. The van der Waals surface area contributed by atoms with Gasteiger partial charge < -0.3 is 70.1 Å². The monoisotopic (exact) mass is 594 g/mol. The number of aromatic hydroxyl groups is 3. The van der Waals surface area contributed by atoms with Gasteiger partial charge in [-0.1, -0.05) is 0 Å². The highest BCUT2D eigenvalue weighted by atomic mass is 16.6. The number of aliphatic hydroxyl groups is 8. The van der Waals surface area contributed by atoms with Crippen LogP contribution in [-0.4, -0.2) is 118 Å². The molecule has 11 N–H and O–H groups in total. The molecule has 0 aliphatic carbocycles. The van der Waals surface area contributed by atoms with Crippen molar-refractivity contribution in [3.05, 3.63) is 51.7 Å². The third kappa shape index (κ3) is 4.79. The normalized spacial score (nSPS) is 33.6. The average Bonchev–Trinajstić information content (AvgIpc) is 2.96. The molecule has 15 heteroatoms. The fraction of sp³-hybridized carbons (Fsp3) is 0.444. The van der Waals surface area contributed by atoms with Gasteiger partial charge in [-0.05, 0) is 24.3 Å². The van der Waals surface area contributed by atoms with Crippen LogP contribution in [0.15, 0.2) is 39.5 Å². The van der Waals surface area contributed by atoms with Crippen molar-refractivity contribution in [2.24, 2.45) is 0 Å². The summed E-state index contributed by atoms with van der Waals surface area (Å²) >= 11 is 0. The van der Waals surface area contributed by atoms with Gasteiger partial charge in [-0.15, -0.1) is 0 Å². The Balaban J connectivity index is 1.77. The highest BCUT2D eigenvalue weighted by molar-refractivity contribution is 5.89. The van der Waals surface area contributed by atoms with Gasteiger partial charge in [0.05, 0.1) is 24.3 Å². The molecule has 0 spiro atoms. The van der Waals surface area contributed by atoms with Crippen molar-refractivity contribution >= 4 is 11.0 Å². The lowest BCUT2D eigenvalue weighted by Crippen LogP contribution is -2.56. The summed E-state index contributed by atoms with van der Waals surface area (Å²) in [4.78, 5) is 14.1. The second-order valence-corrected chi connectivity index (χ2v) is 10.3. The number of hydrogen-bond acceptors (Lipinski definition) is 15. The molecule has 15 nitrogen and oxygen atoms in total. The van der Waals surface area contributed by atoms with E-state index in [1.807, 2.05) is 0 Å². The highest BCUT2D eigenvalue weighted by Crippen LogP contribution is 2.46. The van der Waals surface area contributed by atoms with Gasteiger partial charge in [0.25, 0.3) is 0 Å². The minimum Gasteiger partial charge on any atom is -0.508 e. The first-order valence-corrected chi connectivity index (χ1v) is 12.9. The van der Waals surface area contributed by atoms with Crippen molar-refractivity contribution < 1.29 is 70.1 Å². The Kier molecular flexibility index (Phi) is 8.16. The number of rotatable bonds is 5. The van der Waals surface area contributed by atoms with E-state index >= 15 is 0 Å². The number of fused-ring (bicyclic) bond motifs is 1. The van der Waals surface area contributed by atoms with E-state index in [1.54, 1.807) is 0 Å². The number of ether oxygens (including phenoxy) is 2. The van der Waals surface area contributed by atoms with E-state index in [0.717, 1.165) is 6.07 Å². The van der Waals surface area contributed by atoms with E-state index < -0.39 is 113 Å². The fourth-order valence-corrected chi connectivity index (χ4v) is 5.40. The summed E-state index contributed by atoms with van der Waals surface area (Å²) < 4.78 is 17.0. The number of phenolic OH excluding ortho intramolecular Hbond substituents is 3. The van der Waals surface area contributed by atoms with Crippen molar-refractivity contribution in [1.82, 2.24) is 0 Å². The van der Waals surface area contributed by atoms with Gasteiger partial charge in [-0.2, -0.15) is 0 Å². The van der Waals surface area contributed by atoms with Gasteiger partial charge in [0.15, 0.2) is 0 Å². The summed E-state index contributed by atoms with van der Waals surface area (Å²) in [6.07, 6.45) is -17.5. The Hall–Kier alpha value is -3.35. The molecular formula is C27H30O15. The van der Waals surface area contributed by atoms with Crippen LogP contribution in [0.25, 0.3) is 22.3 Å². The van der Waals surface area contributed by atoms with Crippen LogP contribution in [0.3, 0.4) is 0 Å². The van der Waals surface area contributed by atoms with Crippen molar-refractivity contribution in [2.45, 2.75) is 61.0 Å². The summed E-state index contributed by atoms with van der Waals surface area (Å²) in [7, 11) is 0. The molecule has 1 aromatic heterocycles. The molecule has 2 aromatic carbocycles. The van der Waals surface area contributed by atoms with Crippen LogP contribution < -0.4 is 5.43 Å². The van der Waals surface area contributed by atoms with E-state index in [9.17, 15) is 61.0 Å². The van der Waals surface area contributed by atoms with Gasteiger partial charge in [0.2, 0.25) is 5.43 Å². The van der Waals surface area contributed by atoms with Crippen LogP contribution in [0.1, 0.15) is 23.3 Å².